The van der Waals surface area contributed by atoms with Gasteiger partial charge in [0.25, 0.3) is 0 Å². The lowest BCUT2D eigenvalue weighted by molar-refractivity contribution is 0.382. The van der Waals surface area contributed by atoms with Crippen LogP contribution < -0.4 is 24.7 Å². The minimum atomic E-state index is -4.11. The number of nitrogens with zero attached hydrogens (tertiary/aromatic N) is 1. The van der Waals surface area contributed by atoms with E-state index in [9.17, 15) is 8.42 Å². The van der Waals surface area contributed by atoms with Gasteiger partial charge in [-0.05, 0) is 13.8 Å². The van der Waals surface area contributed by atoms with E-state index in [0.29, 0.717) is 5.69 Å². The number of nitrogen functional groups attached to an aromatic ring is 2. The first kappa shape index (κ1) is 12.6. The molecule has 0 amide bonds. The summed E-state index contributed by atoms with van der Waals surface area (Å²) >= 11 is 0. The summed E-state index contributed by atoms with van der Waals surface area (Å²) < 4.78 is 32.0. The van der Waals surface area contributed by atoms with Crippen LogP contribution in [0.25, 0.3) is 0 Å². The molecule has 7 nitrogen and oxygen atoms in total. The van der Waals surface area contributed by atoms with Crippen molar-refractivity contribution in [3.05, 3.63) is 6.07 Å². The molecule has 0 radical (unpaired) electrons. The van der Waals surface area contributed by atoms with E-state index in [2.05, 4.69) is 4.18 Å². The van der Waals surface area contributed by atoms with Gasteiger partial charge < -0.3 is 24.7 Å². The number of rotatable bonds is 3. The zero-order chi connectivity index (χ0) is 13.5. The maximum atomic E-state index is 11.3. The first-order valence-corrected chi connectivity index (χ1v) is 6.83. The quantitative estimate of drug-likeness (QED) is 0.781. The Labute approximate surface area is 106 Å². The van der Waals surface area contributed by atoms with Crippen molar-refractivity contribution in [1.29, 1.82) is 0 Å². The van der Waals surface area contributed by atoms with Gasteiger partial charge in [-0.15, -0.1) is 8.42 Å². The highest BCUT2D eigenvalue weighted by atomic mass is 32.3. The molecule has 0 saturated carbocycles. The highest BCUT2D eigenvalue weighted by Crippen LogP contribution is 2.47. The number of hydrogen-bond acceptors (Lipinski definition) is 7. The minimum absolute atomic E-state index is 0.0485. The van der Waals surface area contributed by atoms with Crippen molar-refractivity contribution >= 4 is 27.5 Å². The largest absolute Gasteiger partial charge is 0.501 e. The Bertz CT molecular complexity index is 581. The molecule has 0 saturated heterocycles. The van der Waals surface area contributed by atoms with E-state index in [4.69, 9.17) is 15.7 Å². The molecular weight excluding hydrogens is 258 g/mol. The molecule has 2 rings (SSSR count). The fourth-order valence-corrected chi connectivity index (χ4v) is 2.64. The SMILES string of the molecule is CCN(CC)c1cc2c(N)c(c1N)OS(=O)(=O)O2. The molecule has 0 fully saturated rings. The lowest BCUT2D eigenvalue weighted by Crippen LogP contribution is -2.27. The van der Waals surface area contributed by atoms with Crippen LogP contribution in [0.4, 0.5) is 17.1 Å². The molecule has 4 N–H and O–H groups in total. The van der Waals surface area contributed by atoms with Crippen molar-refractivity contribution in [3.8, 4) is 11.5 Å². The monoisotopic (exact) mass is 273 g/mol. The fraction of sp³-hybridized carbons (Fsp3) is 0.400. The molecule has 1 aliphatic heterocycles. The number of anilines is 3. The highest BCUT2D eigenvalue weighted by Gasteiger charge is 2.31. The van der Waals surface area contributed by atoms with Crippen LogP contribution in [-0.4, -0.2) is 21.5 Å². The molecule has 1 aromatic carbocycles. The Kier molecular flexibility index (Phi) is 2.89. The van der Waals surface area contributed by atoms with E-state index in [1.54, 1.807) is 0 Å². The van der Waals surface area contributed by atoms with E-state index in [-0.39, 0.29) is 22.9 Å². The second-order valence-electron chi connectivity index (χ2n) is 3.80. The number of benzene rings is 1. The van der Waals surface area contributed by atoms with Crippen molar-refractivity contribution in [2.75, 3.05) is 29.5 Å². The van der Waals surface area contributed by atoms with Gasteiger partial charge in [0.1, 0.15) is 11.4 Å². The predicted octanol–water partition coefficient (Wildman–Crippen LogP) is 0.713. The van der Waals surface area contributed by atoms with Crippen molar-refractivity contribution in [2.24, 2.45) is 0 Å². The van der Waals surface area contributed by atoms with Crippen LogP contribution >= 0.6 is 0 Å². The molecule has 8 heteroatoms. The second kappa shape index (κ2) is 4.13. The maximum Gasteiger partial charge on any atom is 0.501 e. The van der Waals surface area contributed by atoms with E-state index >= 15 is 0 Å². The number of hydrogen-bond donors (Lipinski definition) is 2. The third kappa shape index (κ3) is 1.88. The van der Waals surface area contributed by atoms with Crippen LogP contribution in [-0.2, 0) is 10.4 Å². The standard InChI is InChI=1S/C10H15N3O4S/c1-3-13(4-2)6-5-7-9(12)10(8(6)11)17-18(14,15)16-7/h5H,3-4,11-12H2,1-2H3. The molecule has 2 bridgehead atoms. The van der Waals surface area contributed by atoms with Gasteiger partial charge in [0.2, 0.25) is 0 Å². The normalized spacial score (nSPS) is 15.7. The second-order valence-corrected chi connectivity index (χ2v) is 4.95. The molecule has 0 unspecified atom stereocenters. The number of nitrogens with two attached hydrogens (primary N) is 2. The van der Waals surface area contributed by atoms with Crippen molar-refractivity contribution in [3.63, 3.8) is 0 Å². The van der Waals surface area contributed by atoms with E-state index in [1.807, 2.05) is 18.7 Å². The Hall–Kier alpha value is -1.83. The average Bonchev–Trinajstić information content (AvgIpc) is 2.30. The molecule has 0 spiro atoms. The Morgan fingerprint density at radius 3 is 2.33 bits per heavy atom. The molecule has 100 valence electrons. The zero-order valence-corrected chi connectivity index (χ0v) is 11.0. The van der Waals surface area contributed by atoms with Gasteiger partial charge in [-0.1, -0.05) is 0 Å². The summed E-state index contributed by atoms with van der Waals surface area (Å²) in [5.74, 6) is -0.00648. The van der Waals surface area contributed by atoms with E-state index in [1.165, 1.54) is 6.07 Å². The van der Waals surface area contributed by atoms with Gasteiger partial charge in [0.05, 0.1) is 5.69 Å². The topological polar surface area (TPSA) is 108 Å². The van der Waals surface area contributed by atoms with Crippen LogP contribution in [0, 0.1) is 0 Å². The summed E-state index contributed by atoms with van der Waals surface area (Å²) in [7, 11) is -4.11. The van der Waals surface area contributed by atoms with Crippen LogP contribution in [0.2, 0.25) is 0 Å². The zero-order valence-electron chi connectivity index (χ0n) is 10.1. The Balaban J connectivity index is 2.62. The van der Waals surface area contributed by atoms with Crippen LogP contribution in [0.15, 0.2) is 6.07 Å². The molecule has 0 aliphatic carbocycles. The molecule has 0 atom stereocenters. The lowest BCUT2D eigenvalue weighted by atomic mass is 10.2. The summed E-state index contributed by atoms with van der Waals surface area (Å²) in [4.78, 5) is 1.95. The van der Waals surface area contributed by atoms with Crippen LogP contribution in [0.5, 0.6) is 11.5 Å². The summed E-state index contributed by atoms with van der Waals surface area (Å²) in [6, 6.07) is 1.52. The molecule has 1 aromatic rings. The first-order chi connectivity index (χ1) is 8.39. The highest BCUT2D eigenvalue weighted by molar-refractivity contribution is 7.82. The van der Waals surface area contributed by atoms with Crippen molar-refractivity contribution in [1.82, 2.24) is 0 Å². The van der Waals surface area contributed by atoms with Gasteiger partial charge >= 0.3 is 10.4 Å². The molecule has 1 aliphatic rings. The molecule has 18 heavy (non-hydrogen) atoms. The van der Waals surface area contributed by atoms with Crippen LogP contribution in [0.1, 0.15) is 13.8 Å². The molecule has 0 aromatic heterocycles. The average molecular weight is 273 g/mol. The summed E-state index contributed by atoms with van der Waals surface area (Å²) in [5, 5.41) is 0. The molecular formula is C10H15N3O4S. The van der Waals surface area contributed by atoms with Crippen LogP contribution in [0.3, 0.4) is 0 Å². The summed E-state index contributed by atoms with van der Waals surface area (Å²) in [6.07, 6.45) is 0. The summed E-state index contributed by atoms with van der Waals surface area (Å²) in [6.45, 7) is 5.36. The maximum absolute atomic E-state index is 11.3. The smallest absolute Gasteiger partial charge is 0.394 e. The van der Waals surface area contributed by atoms with Gasteiger partial charge in [-0.25, -0.2) is 0 Å². The van der Waals surface area contributed by atoms with Gasteiger partial charge in [-0.2, -0.15) is 0 Å². The lowest BCUT2D eigenvalue weighted by Gasteiger charge is -2.27. The Morgan fingerprint density at radius 2 is 1.78 bits per heavy atom. The fourth-order valence-electron chi connectivity index (χ4n) is 1.87. The first-order valence-electron chi connectivity index (χ1n) is 5.50. The third-order valence-corrected chi connectivity index (χ3v) is 3.53. The van der Waals surface area contributed by atoms with E-state index < -0.39 is 10.4 Å². The predicted molar refractivity (Wildman–Crippen MR) is 69.0 cm³/mol. The van der Waals surface area contributed by atoms with E-state index in [0.717, 1.165) is 13.1 Å². The minimum Gasteiger partial charge on any atom is -0.394 e. The Morgan fingerprint density at radius 1 is 1.17 bits per heavy atom. The third-order valence-electron chi connectivity index (χ3n) is 2.78. The van der Waals surface area contributed by atoms with Gasteiger partial charge in [0.15, 0.2) is 11.5 Å². The van der Waals surface area contributed by atoms with Crippen molar-refractivity contribution in [2.45, 2.75) is 13.8 Å². The van der Waals surface area contributed by atoms with Gasteiger partial charge in [-0.3, -0.25) is 0 Å². The number of fused-ring (bicyclic) bond motifs is 2. The van der Waals surface area contributed by atoms with Crippen molar-refractivity contribution < 1.29 is 16.8 Å². The summed E-state index contributed by atoms with van der Waals surface area (Å²) in [5.41, 5.74) is 12.6. The van der Waals surface area contributed by atoms with Gasteiger partial charge in [0, 0.05) is 19.2 Å². The molecule has 1 heterocycles.